The second-order valence-corrected chi connectivity index (χ2v) is 6.99. The quantitative estimate of drug-likeness (QED) is 0.636. The van der Waals surface area contributed by atoms with E-state index in [1.54, 1.807) is 4.68 Å². The van der Waals surface area contributed by atoms with Crippen LogP contribution in [0.15, 0.2) is 48.5 Å². The fourth-order valence-corrected chi connectivity index (χ4v) is 3.14. The molecule has 0 fully saturated rings. The third-order valence-electron chi connectivity index (χ3n) is 4.70. The summed E-state index contributed by atoms with van der Waals surface area (Å²) in [5.74, 6) is 0.635. The Kier molecular flexibility index (Phi) is 6.16. The standard InChI is InChI=1S/C21H25N5O2/c1-14(2)19(21(27)28-4)22-13-15-9-11-16(12-10-15)17-7-5-6-8-18(17)20-23-24-25-26(20)3/h5-12,14,19,22H,13H2,1-4H3. The van der Waals surface area contributed by atoms with Crippen molar-refractivity contribution in [3.8, 4) is 22.5 Å². The molecule has 0 aliphatic rings. The molecule has 7 heteroatoms. The molecule has 146 valence electrons. The number of methoxy groups -OCH3 is 1. The molecule has 0 spiro atoms. The van der Waals surface area contributed by atoms with Crippen molar-refractivity contribution < 1.29 is 9.53 Å². The number of benzene rings is 2. The van der Waals surface area contributed by atoms with Crippen molar-refractivity contribution in [2.75, 3.05) is 7.11 Å². The van der Waals surface area contributed by atoms with Crippen LogP contribution in [0.5, 0.6) is 0 Å². The predicted molar refractivity (Wildman–Crippen MR) is 107 cm³/mol. The van der Waals surface area contributed by atoms with Crippen molar-refractivity contribution in [2.45, 2.75) is 26.4 Å². The lowest BCUT2D eigenvalue weighted by atomic mass is 9.98. The van der Waals surface area contributed by atoms with E-state index in [1.165, 1.54) is 7.11 Å². The molecule has 3 rings (SSSR count). The molecular formula is C21H25N5O2. The van der Waals surface area contributed by atoms with Crippen molar-refractivity contribution >= 4 is 5.97 Å². The van der Waals surface area contributed by atoms with Gasteiger partial charge < -0.3 is 10.1 Å². The van der Waals surface area contributed by atoms with Gasteiger partial charge in [0, 0.05) is 19.2 Å². The van der Waals surface area contributed by atoms with E-state index in [-0.39, 0.29) is 17.9 Å². The molecule has 1 aromatic heterocycles. The highest BCUT2D eigenvalue weighted by Crippen LogP contribution is 2.30. The third-order valence-corrected chi connectivity index (χ3v) is 4.70. The lowest BCUT2D eigenvalue weighted by Gasteiger charge is -2.20. The number of hydrogen-bond donors (Lipinski definition) is 1. The Bertz CT molecular complexity index is 934. The molecule has 0 saturated carbocycles. The van der Waals surface area contributed by atoms with Gasteiger partial charge in [0.15, 0.2) is 5.82 Å². The minimum Gasteiger partial charge on any atom is -0.468 e. The summed E-state index contributed by atoms with van der Waals surface area (Å²) in [7, 11) is 3.24. The monoisotopic (exact) mass is 379 g/mol. The van der Waals surface area contributed by atoms with Crippen molar-refractivity contribution in [2.24, 2.45) is 13.0 Å². The van der Waals surface area contributed by atoms with Gasteiger partial charge in [-0.15, -0.1) is 5.10 Å². The van der Waals surface area contributed by atoms with Crippen LogP contribution in [0.2, 0.25) is 0 Å². The van der Waals surface area contributed by atoms with Crippen molar-refractivity contribution in [1.82, 2.24) is 25.5 Å². The van der Waals surface area contributed by atoms with E-state index >= 15 is 0 Å². The first-order valence-electron chi connectivity index (χ1n) is 9.23. The number of aryl methyl sites for hydroxylation is 1. The highest BCUT2D eigenvalue weighted by molar-refractivity contribution is 5.80. The first kappa shape index (κ1) is 19.7. The maximum Gasteiger partial charge on any atom is 0.323 e. The Morgan fingerprint density at radius 3 is 2.36 bits per heavy atom. The van der Waals surface area contributed by atoms with E-state index in [0.717, 1.165) is 28.1 Å². The molecule has 28 heavy (non-hydrogen) atoms. The Labute approximate surface area is 164 Å². The van der Waals surface area contributed by atoms with Crippen molar-refractivity contribution in [3.05, 3.63) is 54.1 Å². The zero-order valence-electron chi connectivity index (χ0n) is 16.6. The third kappa shape index (κ3) is 4.26. The molecule has 3 aromatic rings. The van der Waals surface area contributed by atoms with Crippen LogP contribution in [-0.4, -0.2) is 39.3 Å². The number of esters is 1. The maximum absolute atomic E-state index is 11.9. The molecule has 7 nitrogen and oxygen atoms in total. The van der Waals surface area contributed by atoms with Crippen LogP contribution in [0.25, 0.3) is 22.5 Å². The molecule has 1 unspecified atom stereocenters. The van der Waals surface area contributed by atoms with Crippen LogP contribution < -0.4 is 5.32 Å². The lowest BCUT2D eigenvalue weighted by Crippen LogP contribution is -2.41. The molecule has 0 amide bonds. The molecule has 1 N–H and O–H groups in total. The first-order chi connectivity index (χ1) is 13.5. The second kappa shape index (κ2) is 8.75. The van der Waals surface area contributed by atoms with Crippen LogP contribution in [-0.2, 0) is 23.1 Å². The number of aromatic nitrogens is 4. The fraction of sp³-hybridized carbons (Fsp3) is 0.333. The van der Waals surface area contributed by atoms with Gasteiger partial charge in [0.1, 0.15) is 6.04 Å². The minimum absolute atomic E-state index is 0.151. The van der Waals surface area contributed by atoms with Gasteiger partial charge in [0.05, 0.1) is 7.11 Å². The van der Waals surface area contributed by atoms with Gasteiger partial charge in [-0.2, -0.15) is 0 Å². The van der Waals surface area contributed by atoms with Gasteiger partial charge in [0.25, 0.3) is 0 Å². The van der Waals surface area contributed by atoms with Crippen LogP contribution in [0.4, 0.5) is 0 Å². The van der Waals surface area contributed by atoms with Gasteiger partial charge in [-0.3, -0.25) is 4.79 Å². The van der Waals surface area contributed by atoms with E-state index in [9.17, 15) is 4.79 Å². The van der Waals surface area contributed by atoms with Crippen LogP contribution >= 0.6 is 0 Å². The van der Waals surface area contributed by atoms with Gasteiger partial charge in [-0.25, -0.2) is 4.68 Å². The Morgan fingerprint density at radius 1 is 1.11 bits per heavy atom. The molecule has 0 bridgehead atoms. The van der Waals surface area contributed by atoms with E-state index in [1.807, 2.05) is 39.1 Å². The van der Waals surface area contributed by atoms with Crippen molar-refractivity contribution in [1.29, 1.82) is 0 Å². The van der Waals surface area contributed by atoms with Crippen LogP contribution in [0.3, 0.4) is 0 Å². The van der Waals surface area contributed by atoms with Crippen molar-refractivity contribution in [3.63, 3.8) is 0 Å². The summed E-state index contributed by atoms with van der Waals surface area (Å²) in [5.41, 5.74) is 4.22. The Morgan fingerprint density at radius 2 is 1.79 bits per heavy atom. The topological polar surface area (TPSA) is 81.9 Å². The molecule has 0 saturated heterocycles. The number of rotatable bonds is 7. The SMILES string of the molecule is COC(=O)C(NCc1ccc(-c2ccccc2-c2nnnn2C)cc1)C(C)C. The highest BCUT2D eigenvalue weighted by Gasteiger charge is 2.22. The zero-order chi connectivity index (χ0) is 20.1. The molecule has 0 aliphatic heterocycles. The van der Waals surface area contributed by atoms with E-state index in [4.69, 9.17) is 4.74 Å². The largest absolute Gasteiger partial charge is 0.468 e. The maximum atomic E-state index is 11.9. The highest BCUT2D eigenvalue weighted by atomic mass is 16.5. The van der Waals surface area contributed by atoms with Crippen LogP contribution in [0, 0.1) is 5.92 Å². The predicted octanol–water partition coefficient (Wildman–Crippen LogP) is 2.83. The number of nitrogens with zero attached hydrogens (tertiary/aromatic N) is 4. The van der Waals surface area contributed by atoms with Gasteiger partial charge in [-0.05, 0) is 33.0 Å². The summed E-state index contributed by atoms with van der Waals surface area (Å²) < 4.78 is 6.54. The lowest BCUT2D eigenvalue weighted by molar-refractivity contribution is -0.144. The van der Waals surface area contributed by atoms with Gasteiger partial charge in [0.2, 0.25) is 0 Å². The summed E-state index contributed by atoms with van der Waals surface area (Å²) in [4.78, 5) is 11.9. The van der Waals surface area contributed by atoms with E-state index in [0.29, 0.717) is 6.54 Å². The summed E-state index contributed by atoms with van der Waals surface area (Å²) in [6.45, 7) is 4.58. The number of nitrogens with one attached hydrogen (secondary N) is 1. The first-order valence-corrected chi connectivity index (χ1v) is 9.23. The minimum atomic E-state index is -0.325. The van der Waals surface area contributed by atoms with E-state index < -0.39 is 0 Å². The summed E-state index contributed by atoms with van der Waals surface area (Å²) in [6, 6.07) is 16.0. The smallest absolute Gasteiger partial charge is 0.323 e. The number of hydrogen-bond acceptors (Lipinski definition) is 6. The average molecular weight is 379 g/mol. The molecule has 0 aliphatic carbocycles. The van der Waals surface area contributed by atoms with Gasteiger partial charge >= 0.3 is 5.97 Å². The molecule has 0 radical (unpaired) electrons. The number of carbonyl (C=O) groups is 1. The van der Waals surface area contributed by atoms with E-state index in [2.05, 4.69) is 51.2 Å². The van der Waals surface area contributed by atoms with Gasteiger partial charge in [-0.1, -0.05) is 62.4 Å². The summed E-state index contributed by atoms with van der Waals surface area (Å²) in [6.07, 6.45) is 0. The molecule has 1 atom stereocenters. The molecule has 2 aromatic carbocycles. The molecule has 1 heterocycles. The number of ether oxygens (including phenoxy) is 1. The van der Waals surface area contributed by atoms with Crippen LogP contribution in [0.1, 0.15) is 19.4 Å². The fourth-order valence-electron chi connectivity index (χ4n) is 3.14. The molecular weight excluding hydrogens is 354 g/mol. The summed E-state index contributed by atoms with van der Waals surface area (Å²) in [5, 5.41) is 15.1. The number of carbonyl (C=O) groups excluding carboxylic acids is 1. The Hall–Kier alpha value is -3.06. The summed E-state index contributed by atoms with van der Waals surface area (Å²) >= 11 is 0. The Balaban J connectivity index is 1.79. The zero-order valence-corrected chi connectivity index (χ0v) is 16.6. The number of tetrazole rings is 1. The normalized spacial score (nSPS) is 12.2. The second-order valence-electron chi connectivity index (χ2n) is 6.99. The average Bonchev–Trinajstić information content (AvgIpc) is 3.14.